The number of nitrogens with one attached hydrogen (secondary N) is 1. The molecule has 3 heteroatoms. The molecule has 0 saturated carbocycles. The molecule has 1 aliphatic rings. The fourth-order valence-electron chi connectivity index (χ4n) is 3.06. The largest absolute Gasteiger partial charge is 0.464 e. The number of carbonyl (C=O) groups excluding carboxylic acids is 1. The average Bonchev–Trinajstić information content (AvgIpc) is 2.66. The lowest BCUT2D eigenvalue weighted by molar-refractivity contribution is -0.152. The Morgan fingerprint density at radius 2 is 2.10 bits per heavy atom. The van der Waals surface area contributed by atoms with Crippen LogP contribution in [-0.4, -0.2) is 19.1 Å². The molecule has 3 nitrogen and oxygen atoms in total. The topological polar surface area (TPSA) is 38.3 Å². The van der Waals surface area contributed by atoms with E-state index >= 15 is 0 Å². The van der Waals surface area contributed by atoms with Crippen molar-refractivity contribution in [3.63, 3.8) is 0 Å². The zero-order valence-electron chi connectivity index (χ0n) is 12.6. The first-order chi connectivity index (χ1) is 9.74. The summed E-state index contributed by atoms with van der Waals surface area (Å²) in [6.07, 6.45) is 5.05. The summed E-state index contributed by atoms with van der Waals surface area (Å²) in [6.45, 7) is 5.24. The van der Waals surface area contributed by atoms with Crippen molar-refractivity contribution in [1.82, 2.24) is 5.32 Å². The summed E-state index contributed by atoms with van der Waals surface area (Å²) < 4.78 is 5.39. The normalized spacial score (nSPS) is 21.9. The maximum atomic E-state index is 12.7. The Bertz CT molecular complexity index is 458. The quantitative estimate of drug-likeness (QED) is 0.662. The minimum absolute atomic E-state index is 0.122. The molecule has 0 spiro atoms. The molecule has 0 aromatic heterocycles. The van der Waals surface area contributed by atoms with E-state index in [2.05, 4.69) is 30.4 Å². The minimum atomic E-state index is -0.654. The smallest absolute Gasteiger partial charge is 0.330 e. The molecule has 0 aliphatic heterocycles. The van der Waals surface area contributed by atoms with E-state index < -0.39 is 5.54 Å². The van der Waals surface area contributed by atoms with Crippen molar-refractivity contribution < 1.29 is 9.53 Å². The summed E-state index contributed by atoms with van der Waals surface area (Å²) >= 11 is 0. The van der Waals surface area contributed by atoms with Crippen molar-refractivity contribution >= 4 is 5.97 Å². The lowest BCUT2D eigenvalue weighted by Gasteiger charge is -2.33. The van der Waals surface area contributed by atoms with Crippen LogP contribution in [0.25, 0.3) is 0 Å². The first kappa shape index (κ1) is 15.0. The second-order valence-corrected chi connectivity index (χ2v) is 5.42. The second-order valence-electron chi connectivity index (χ2n) is 5.42. The predicted octanol–water partition coefficient (Wildman–Crippen LogP) is 3.17. The van der Waals surface area contributed by atoms with E-state index in [1.807, 2.05) is 13.0 Å². The molecule has 0 heterocycles. The van der Waals surface area contributed by atoms with Gasteiger partial charge in [0.2, 0.25) is 0 Å². The third-order valence-corrected chi connectivity index (χ3v) is 4.03. The average molecular weight is 275 g/mol. The van der Waals surface area contributed by atoms with Gasteiger partial charge in [-0.1, -0.05) is 37.6 Å². The van der Waals surface area contributed by atoms with Crippen LogP contribution in [0.5, 0.6) is 0 Å². The number of benzene rings is 1. The molecule has 20 heavy (non-hydrogen) atoms. The summed E-state index contributed by atoms with van der Waals surface area (Å²) in [4.78, 5) is 12.7. The number of hydrogen-bond donors (Lipinski definition) is 1. The highest BCUT2D eigenvalue weighted by Crippen LogP contribution is 2.35. The number of fused-ring (bicyclic) bond motifs is 1. The van der Waals surface area contributed by atoms with E-state index in [4.69, 9.17) is 4.74 Å². The maximum absolute atomic E-state index is 12.7. The van der Waals surface area contributed by atoms with Crippen LogP contribution in [0.15, 0.2) is 24.3 Å². The fourth-order valence-corrected chi connectivity index (χ4v) is 3.06. The van der Waals surface area contributed by atoms with Crippen LogP contribution in [0.1, 0.15) is 50.7 Å². The summed E-state index contributed by atoms with van der Waals surface area (Å²) in [5.41, 5.74) is 1.74. The van der Waals surface area contributed by atoms with Gasteiger partial charge in [-0.2, -0.15) is 0 Å². The number of esters is 1. The number of carbonyl (C=O) groups is 1. The molecule has 0 saturated heterocycles. The summed E-state index contributed by atoms with van der Waals surface area (Å²) in [5.74, 6) is -0.122. The SMILES string of the molecule is CCCNC1(C(=O)OCC)CCCCc2ccccc21. The summed E-state index contributed by atoms with van der Waals surface area (Å²) in [6, 6.07) is 8.30. The molecule has 0 fully saturated rings. The van der Waals surface area contributed by atoms with Crippen LogP contribution in [0, 0.1) is 0 Å². The third-order valence-electron chi connectivity index (χ3n) is 4.03. The van der Waals surface area contributed by atoms with Crippen LogP contribution in [-0.2, 0) is 21.5 Å². The van der Waals surface area contributed by atoms with Gasteiger partial charge in [0, 0.05) is 0 Å². The molecule has 0 bridgehead atoms. The number of aryl methyl sites for hydroxylation is 1. The Morgan fingerprint density at radius 3 is 2.85 bits per heavy atom. The molecule has 110 valence electrons. The lowest BCUT2D eigenvalue weighted by atomic mass is 9.84. The van der Waals surface area contributed by atoms with E-state index in [9.17, 15) is 4.79 Å². The van der Waals surface area contributed by atoms with E-state index in [1.165, 1.54) is 5.56 Å². The zero-order valence-corrected chi connectivity index (χ0v) is 12.6. The monoisotopic (exact) mass is 275 g/mol. The molecule has 0 amide bonds. The maximum Gasteiger partial charge on any atom is 0.330 e. The van der Waals surface area contributed by atoms with Crippen LogP contribution < -0.4 is 5.32 Å². The molecule has 1 aromatic carbocycles. The second kappa shape index (κ2) is 6.89. The minimum Gasteiger partial charge on any atom is -0.464 e. The molecule has 1 N–H and O–H groups in total. The van der Waals surface area contributed by atoms with Crippen molar-refractivity contribution in [3.05, 3.63) is 35.4 Å². The highest BCUT2D eigenvalue weighted by Gasteiger charge is 2.42. The van der Waals surface area contributed by atoms with Crippen molar-refractivity contribution in [2.45, 2.75) is 51.5 Å². The van der Waals surface area contributed by atoms with Gasteiger partial charge in [0.15, 0.2) is 0 Å². The zero-order chi connectivity index (χ0) is 14.4. The fraction of sp³-hybridized carbons (Fsp3) is 0.588. The number of hydrogen-bond acceptors (Lipinski definition) is 3. The Kier molecular flexibility index (Phi) is 5.18. The van der Waals surface area contributed by atoms with Gasteiger partial charge in [-0.15, -0.1) is 0 Å². The van der Waals surface area contributed by atoms with Gasteiger partial charge in [-0.05, 0) is 50.3 Å². The van der Waals surface area contributed by atoms with Crippen LogP contribution in [0.3, 0.4) is 0 Å². The lowest BCUT2D eigenvalue weighted by Crippen LogP contribution is -2.50. The Morgan fingerprint density at radius 1 is 1.30 bits per heavy atom. The van der Waals surface area contributed by atoms with Crippen molar-refractivity contribution in [3.8, 4) is 0 Å². The Labute approximate surface area is 121 Å². The number of ether oxygens (including phenoxy) is 1. The van der Waals surface area contributed by atoms with Gasteiger partial charge in [0.25, 0.3) is 0 Å². The predicted molar refractivity (Wildman–Crippen MR) is 80.6 cm³/mol. The number of rotatable bonds is 5. The van der Waals surface area contributed by atoms with Gasteiger partial charge in [0.1, 0.15) is 5.54 Å². The van der Waals surface area contributed by atoms with Crippen molar-refractivity contribution in [2.24, 2.45) is 0 Å². The van der Waals surface area contributed by atoms with Gasteiger partial charge in [-0.3, -0.25) is 5.32 Å². The first-order valence-electron chi connectivity index (χ1n) is 7.75. The molecule has 1 atom stereocenters. The summed E-state index contributed by atoms with van der Waals surface area (Å²) in [5, 5.41) is 3.49. The highest BCUT2D eigenvalue weighted by atomic mass is 16.5. The summed E-state index contributed by atoms with van der Waals surface area (Å²) in [7, 11) is 0. The molecule has 0 radical (unpaired) electrons. The molecular weight excluding hydrogens is 250 g/mol. The van der Waals surface area contributed by atoms with E-state index in [-0.39, 0.29) is 5.97 Å². The standard InChI is InChI=1S/C17H25NO2/c1-3-13-18-17(16(19)20-4-2)12-8-7-10-14-9-5-6-11-15(14)17/h5-6,9,11,18H,3-4,7-8,10,12-13H2,1-2H3. The molecular formula is C17H25NO2. The third kappa shape index (κ3) is 2.88. The van der Waals surface area contributed by atoms with Crippen LogP contribution >= 0.6 is 0 Å². The van der Waals surface area contributed by atoms with Crippen molar-refractivity contribution in [1.29, 1.82) is 0 Å². The van der Waals surface area contributed by atoms with E-state index in [0.717, 1.165) is 44.2 Å². The molecule has 1 aromatic rings. The van der Waals surface area contributed by atoms with Gasteiger partial charge in [0.05, 0.1) is 6.61 Å². The van der Waals surface area contributed by atoms with Crippen LogP contribution in [0.2, 0.25) is 0 Å². The van der Waals surface area contributed by atoms with E-state index in [0.29, 0.717) is 6.61 Å². The van der Waals surface area contributed by atoms with Gasteiger partial charge in [-0.25, -0.2) is 4.79 Å². The van der Waals surface area contributed by atoms with Crippen LogP contribution in [0.4, 0.5) is 0 Å². The highest BCUT2D eigenvalue weighted by molar-refractivity contribution is 5.83. The molecule has 1 unspecified atom stereocenters. The molecule has 1 aliphatic carbocycles. The Hall–Kier alpha value is -1.35. The van der Waals surface area contributed by atoms with Crippen molar-refractivity contribution in [2.75, 3.05) is 13.2 Å². The molecule has 2 rings (SSSR count). The first-order valence-corrected chi connectivity index (χ1v) is 7.75. The van der Waals surface area contributed by atoms with E-state index in [1.54, 1.807) is 0 Å². The van der Waals surface area contributed by atoms with Gasteiger partial charge < -0.3 is 4.74 Å². The Balaban J connectivity index is 2.45. The van der Waals surface area contributed by atoms with Gasteiger partial charge >= 0.3 is 5.97 Å².